The van der Waals surface area contributed by atoms with Crippen LogP contribution in [0.3, 0.4) is 0 Å². The Balaban J connectivity index is 0.000000254. The van der Waals surface area contributed by atoms with Crippen molar-refractivity contribution >= 4 is 29.1 Å². The molecular formula is C24H26N2O10. The SMILES string of the molecule is CC(C)(CC(=O)O)C(=O)c1cccc([N+](=O)[O-])c1.CC1(C)CC(=O)OC1(O)c1cccc([N+](=O)[O-])c1. The number of cyclic esters (lactones) is 1. The van der Waals surface area contributed by atoms with Gasteiger partial charge < -0.3 is 14.9 Å². The molecule has 36 heavy (non-hydrogen) atoms. The van der Waals surface area contributed by atoms with Crippen molar-refractivity contribution in [1.29, 1.82) is 0 Å². The van der Waals surface area contributed by atoms with Crippen molar-refractivity contribution in [2.75, 3.05) is 0 Å². The van der Waals surface area contributed by atoms with Crippen LogP contribution in [0, 0.1) is 31.1 Å². The van der Waals surface area contributed by atoms with Crippen molar-refractivity contribution < 1.29 is 39.2 Å². The van der Waals surface area contributed by atoms with E-state index in [1.54, 1.807) is 13.8 Å². The molecule has 1 heterocycles. The van der Waals surface area contributed by atoms with Gasteiger partial charge in [-0.05, 0) is 0 Å². The summed E-state index contributed by atoms with van der Waals surface area (Å²) in [4.78, 5) is 54.3. The van der Waals surface area contributed by atoms with Crippen molar-refractivity contribution in [1.82, 2.24) is 0 Å². The molecule has 12 nitrogen and oxygen atoms in total. The Labute approximate surface area is 205 Å². The Morgan fingerprint density at radius 1 is 1.03 bits per heavy atom. The van der Waals surface area contributed by atoms with E-state index >= 15 is 0 Å². The number of ether oxygens (including phenoxy) is 1. The molecule has 0 spiro atoms. The van der Waals surface area contributed by atoms with E-state index in [-0.39, 0.29) is 35.3 Å². The minimum atomic E-state index is -1.82. The highest BCUT2D eigenvalue weighted by molar-refractivity contribution is 6.02. The molecule has 1 saturated heterocycles. The fourth-order valence-corrected chi connectivity index (χ4v) is 3.71. The first-order valence-electron chi connectivity index (χ1n) is 10.7. The number of aliphatic carboxylic acids is 1. The summed E-state index contributed by atoms with van der Waals surface area (Å²) < 4.78 is 4.98. The number of carbonyl (C=O) groups is 3. The van der Waals surface area contributed by atoms with E-state index in [9.17, 15) is 39.7 Å². The van der Waals surface area contributed by atoms with Crippen LogP contribution in [0.15, 0.2) is 48.5 Å². The van der Waals surface area contributed by atoms with Gasteiger partial charge in [0.2, 0.25) is 5.79 Å². The number of carbonyl (C=O) groups excluding carboxylic acids is 2. The Morgan fingerprint density at radius 3 is 2.03 bits per heavy atom. The number of nitro benzene ring substituents is 2. The third-order valence-corrected chi connectivity index (χ3v) is 5.74. The van der Waals surface area contributed by atoms with Gasteiger partial charge in [-0.15, -0.1) is 0 Å². The van der Waals surface area contributed by atoms with E-state index in [1.165, 1.54) is 56.3 Å². The number of hydrogen-bond acceptors (Lipinski definition) is 9. The lowest BCUT2D eigenvalue weighted by Crippen LogP contribution is -2.38. The third kappa shape index (κ3) is 6.08. The van der Waals surface area contributed by atoms with Crippen LogP contribution >= 0.6 is 0 Å². The predicted octanol–water partition coefficient (Wildman–Crippen LogP) is 3.99. The first-order valence-corrected chi connectivity index (χ1v) is 10.7. The zero-order valence-corrected chi connectivity index (χ0v) is 20.1. The standard InChI is InChI=1S/2C12H13NO5/c1-11(2)7-10(14)18-12(11,15)8-4-3-5-9(6-8)13(16)17;1-12(2,7-10(14)15)11(16)8-4-3-5-9(6-8)13(17)18/h3-6,15H,7H2,1-2H3;3-6H,7H2,1-2H3,(H,14,15). The van der Waals surface area contributed by atoms with E-state index in [0.717, 1.165) is 6.07 Å². The summed E-state index contributed by atoms with van der Waals surface area (Å²) in [7, 11) is 0. The van der Waals surface area contributed by atoms with Gasteiger partial charge in [-0.3, -0.25) is 34.6 Å². The van der Waals surface area contributed by atoms with E-state index in [4.69, 9.17) is 9.84 Å². The molecule has 1 unspecified atom stereocenters. The zero-order chi connectivity index (χ0) is 27.5. The Morgan fingerprint density at radius 2 is 1.56 bits per heavy atom. The fraction of sp³-hybridized carbons (Fsp3) is 0.375. The van der Waals surface area contributed by atoms with Crippen LogP contribution in [0.1, 0.15) is 56.5 Å². The molecule has 1 aliphatic rings. The molecule has 192 valence electrons. The second-order valence-corrected chi connectivity index (χ2v) is 9.58. The largest absolute Gasteiger partial charge is 0.481 e. The molecule has 0 bridgehead atoms. The number of carboxylic acid groups (broad SMARTS) is 1. The lowest BCUT2D eigenvalue weighted by atomic mass is 9.79. The van der Waals surface area contributed by atoms with Crippen LogP contribution in [0.5, 0.6) is 0 Å². The molecule has 0 aliphatic carbocycles. The van der Waals surface area contributed by atoms with Crippen LogP contribution < -0.4 is 0 Å². The van der Waals surface area contributed by atoms with Gasteiger partial charge in [-0.1, -0.05) is 52.0 Å². The summed E-state index contributed by atoms with van der Waals surface area (Å²) in [6, 6.07) is 10.8. The maximum absolute atomic E-state index is 12.1. The highest BCUT2D eigenvalue weighted by Crippen LogP contribution is 2.49. The number of aliphatic hydroxyl groups is 1. The Hall–Kier alpha value is -4.19. The van der Waals surface area contributed by atoms with Crippen molar-refractivity contribution in [3.05, 3.63) is 79.9 Å². The summed E-state index contributed by atoms with van der Waals surface area (Å²) >= 11 is 0. The topological polar surface area (TPSA) is 187 Å². The van der Waals surface area contributed by atoms with Gasteiger partial charge in [-0.2, -0.15) is 0 Å². The van der Waals surface area contributed by atoms with Gasteiger partial charge in [-0.25, -0.2) is 0 Å². The molecular weight excluding hydrogens is 476 g/mol. The van der Waals surface area contributed by atoms with Crippen molar-refractivity contribution in [2.24, 2.45) is 10.8 Å². The van der Waals surface area contributed by atoms with E-state index < -0.39 is 44.2 Å². The summed E-state index contributed by atoms with van der Waals surface area (Å²) in [5.74, 6) is -3.85. The first-order chi connectivity index (χ1) is 16.5. The van der Waals surface area contributed by atoms with Crippen molar-refractivity contribution in [2.45, 2.75) is 46.3 Å². The molecule has 2 N–H and O–H groups in total. The monoisotopic (exact) mass is 502 g/mol. The number of esters is 1. The van der Waals surface area contributed by atoms with Crippen LogP contribution in [-0.4, -0.2) is 37.8 Å². The fourth-order valence-electron chi connectivity index (χ4n) is 3.71. The molecule has 0 saturated carbocycles. The number of benzene rings is 2. The van der Waals surface area contributed by atoms with Crippen LogP contribution in [0.2, 0.25) is 0 Å². The van der Waals surface area contributed by atoms with Crippen LogP contribution in [0.4, 0.5) is 11.4 Å². The van der Waals surface area contributed by atoms with Gasteiger partial charge in [0.15, 0.2) is 5.78 Å². The molecule has 2 aromatic rings. The van der Waals surface area contributed by atoms with Crippen molar-refractivity contribution in [3.8, 4) is 0 Å². The van der Waals surface area contributed by atoms with Gasteiger partial charge in [0.05, 0.1) is 22.7 Å². The van der Waals surface area contributed by atoms with E-state index in [2.05, 4.69) is 0 Å². The maximum Gasteiger partial charge on any atom is 0.309 e. The molecule has 2 aromatic carbocycles. The zero-order valence-electron chi connectivity index (χ0n) is 20.1. The van der Waals surface area contributed by atoms with Gasteiger partial charge in [0.1, 0.15) is 0 Å². The average Bonchev–Trinajstić information content (AvgIpc) is 2.99. The molecule has 0 radical (unpaired) electrons. The minimum absolute atomic E-state index is 0.0617. The first kappa shape index (κ1) is 28.1. The predicted molar refractivity (Wildman–Crippen MR) is 125 cm³/mol. The number of rotatable bonds is 7. The second kappa shape index (κ2) is 10.2. The molecule has 1 fully saturated rings. The number of nitro groups is 2. The quantitative estimate of drug-likeness (QED) is 0.242. The number of ketones is 1. The van der Waals surface area contributed by atoms with Gasteiger partial charge in [0.25, 0.3) is 11.4 Å². The highest BCUT2D eigenvalue weighted by Gasteiger charge is 2.55. The molecule has 1 aliphatic heterocycles. The van der Waals surface area contributed by atoms with Gasteiger partial charge >= 0.3 is 11.9 Å². The number of nitrogens with zero attached hydrogens (tertiary/aromatic N) is 2. The van der Waals surface area contributed by atoms with Crippen LogP contribution in [-0.2, 0) is 20.1 Å². The molecule has 12 heteroatoms. The molecule has 1 atom stereocenters. The normalized spacial score (nSPS) is 18.4. The van der Waals surface area contributed by atoms with Gasteiger partial charge in [0, 0.05) is 46.2 Å². The average molecular weight is 502 g/mol. The lowest BCUT2D eigenvalue weighted by Gasteiger charge is -2.33. The number of Topliss-reactive ketones (excluding diaryl/α,β-unsaturated/α-hetero) is 1. The maximum atomic E-state index is 12.1. The Bertz CT molecular complexity index is 1220. The Kier molecular flexibility index (Phi) is 7.95. The van der Waals surface area contributed by atoms with E-state index in [1.807, 2.05) is 0 Å². The molecule has 3 rings (SSSR count). The molecule has 0 amide bonds. The smallest absolute Gasteiger partial charge is 0.309 e. The number of carboxylic acids is 1. The summed E-state index contributed by atoms with van der Waals surface area (Å²) in [6.45, 7) is 6.36. The van der Waals surface area contributed by atoms with Crippen molar-refractivity contribution in [3.63, 3.8) is 0 Å². The summed E-state index contributed by atoms with van der Waals surface area (Å²) in [5.41, 5.74) is -1.91. The molecule has 0 aromatic heterocycles. The number of non-ortho nitro benzene ring substituents is 2. The minimum Gasteiger partial charge on any atom is -0.481 e. The third-order valence-electron chi connectivity index (χ3n) is 5.74. The second-order valence-electron chi connectivity index (χ2n) is 9.58. The highest BCUT2D eigenvalue weighted by atomic mass is 16.7. The summed E-state index contributed by atoms with van der Waals surface area (Å²) in [6.07, 6.45) is -0.263. The summed E-state index contributed by atoms with van der Waals surface area (Å²) in [5, 5.41) is 40.5. The van der Waals surface area contributed by atoms with Crippen LogP contribution in [0.25, 0.3) is 0 Å². The van der Waals surface area contributed by atoms with E-state index in [0.29, 0.717) is 0 Å². The number of hydrogen-bond donors (Lipinski definition) is 2. The lowest BCUT2D eigenvalue weighted by molar-refractivity contribution is -0.385.